The van der Waals surface area contributed by atoms with Crippen molar-refractivity contribution >= 4 is 23.3 Å². The van der Waals surface area contributed by atoms with Gasteiger partial charge in [-0.05, 0) is 42.4 Å². The Morgan fingerprint density at radius 1 is 1.03 bits per heavy atom. The van der Waals surface area contributed by atoms with E-state index in [1.54, 1.807) is 12.4 Å². The summed E-state index contributed by atoms with van der Waals surface area (Å²) in [5.74, 6) is 0.911. The number of anilines is 2. The lowest BCUT2D eigenvalue weighted by Crippen LogP contribution is -2.44. The summed E-state index contributed by atoms with van der Waals surface area (Å²) in [7, 11) is 0. The van der Waals surface area contributed by atoms with E-state index in [0.717, 1.165) is 48.1 Å². The lowest BCUT2D eigenvalue weighted by atomic mass is 9.73. The summed E-state index contributed by atoms with van der Waals surface area (Å²) >= 11 is 1.50. The van der Waals surface area contributed by atoms with Crippen LogP contribution in [0.1, 0.15) is 30.1 Å². The van der Waals surface area contributed by atoms with Crippen LogP contribution in [0.15, 0.2) is 59.1 Å². The number of pyridine rings is 2. The summed E-state index contributed by atoms with van der Waals surface area (Å²) in [5.41, 5.74) is 15.8. The maximum atomic E-state index is 6.64. The Morgan fingerprint density at radius 3 is 2.62 bits per heavy atom. The van der Waals surface area contributed by atoms with Crippen LogP contribution in [0, 0.1) is 5.41 Å². The van der Waals surface area contributed by atoms with Crippen molar-refractivity contribution in [1.29, 1.82) is 0 Å². The van der Waals surface area contributed by atoms with Gasteiger partial charge in [0.2, 0.25) is 0 Å². The second kappa shape index (κ2) is 7.27. The second-order valence-corrected chi connectivity index (χ2v) is 8.83. The van der Waals surface area contributed by atoms with Gasteiger partial charge in [-0.1, -0.05) is 17.8 Å². The van der Waals surface area contributed by atoms with Crippen molar-refractivity contribution in [3.8, 4) is 0 Å². The smallest absolute Gasteiger partial charge is 0.147 e. The minimum Gasteiger partial charge on any atom is -0.397 e. The molecule has 3 aromatic heterocycles. The Morgan fingerprint density at radius 2 is 1.90 bits per heavy atom. The van der Waals surface area contributed by atoms with Crippen molar-refractivity contribution in [3.05, 3.63) is 60.4 Å². The van der Waals surface area contributed by atoms with Crippen LogP contribution in [-0.2, 0) is 6.42 Å². The number of rotatable bonds is 3. The molecule has 0 amide bonds. The van der Waals surface area contributed by atoms with E-state index in [2.05, 4.69) is 30.9 Å². The standard InChI is InChI=1S/C21H23N7S/c22-15-11-24-7-3-17(15)29-19-13-26-18(12-27-19)28-8-4-21(5-9-28)10-16-14(20(21)23)2-1-6-25-16/h1-3,6-7,11-13,20H,4-5,8-10,22-23H2/t20-/m1/s1. The van der Waals surface area contributed by atoms with Crippen LogP contribution in [0.4, 0.5) is 11.5 Å². The minimum absolute atomic E-state index is 0.0732. The van der Waals surface area contributed by atoms with Crippen molar-refractivity contribution in [3.63, 3.8) is 0 Å². The van der Waals surface area contributed by atoms with Crippen LogP contribution < -0.4 is 16.4 Å². The van der Waals surface area contributed by atoms with E-state index < -0.39 is 0 Å². The molecule has 2 aliphatic rings. The molecule has 8 heteroatoms. The molecule has 1 fully saturated rings. The highest BCUT2D eigenvalue weighted by Gasteiger charge is 2.46. The molecular weight excluding hydrogens is 382 g/mol. The highest BCUT2D eigenvalue weighted by atomic mass is 32.2. The largest absolute Gasteiger partial charge is 0.397 e. The fourth-order valence-corrected chi connectivity index (χ4v) is 5.18. The van der Waals surface area contributed by atoms with Crippen LogP contribution in [0.2, 0.25) is 0 Å². The summed E-state index contributed by atoms with van der Waals surface area (Å²) in [5, 5.41) is 0.819. The molecule has 4 heterocycles. The topological polar surface area (TPSA) is 107 Å². The number of aromatic nitrogens is 4. The molecule has 0 bridgehead atoms. The second-order valence-electron chi connectivity index (χ2n) is 7.77. The highest BCUT2D eigenvalue weighted by molar-refractivity contribution is 7.99. The zero-order valence-corrected chi connectivity index (χ0v) is 16.8. The molecular formula is C21H23N7S. The quantitative estimate of drug-likeness (QED) is 0.685. The van der Waals surface area contributed by atoms with Gasteiger partial charge in [-0.15, -0.1) is 0 Å². The summed E-state index contributed by atoms with van der Waals surface area (Å²) in [4.78, 5) is 21.0. The van der Waals surface area contributed by atoms with Gasteiger partial charge < -0.3 is 16.4 Å². The molecule has 0 radical (unpaired) electrons. The maximum Gasteiger partial charge on any atom is 0.147 e. The van der Waals surface area contributed by atoms with Crippen molar-refractivity contribution in [2.45, 2.75) is 35.2 Å². The van der Waals surface area contributed by atoms with E-state index in [0.29, 0.717) is 5.69 Å². The average molecular weight is 406 g/mol. The van der Waals surface area contributed by atoms with Gasteiger partial charge in [-0.3, -0.25) is 9.97 Å². The molecule has 7 nitrogen and oxygen atoms in total. The first-order valence-electron chi connectivity index (χ1n) is 9.78. The molecule has 29 heavy (non-hydrogen) atoms. The van der Waals surface area contributed by atoms with Crippen LogP contribution in [0.5, 0.6) is 0 Å². The normalized spacial score (nSPS) is 20.0. The van der Waals surface area contributed by atoms with Gasteiger partial charge in [0.05, 0.1) is 24.3 Å². The summed E-state index contributed by atoms with van der Waals surface area (Å²) in [6, 6.07) is 6.08. The van der Waals surface area contributed by atoms with E-state index in [1.165, 1.54) is 23.0 Å². The monoisotopic (exact) mass is 405 g/mol. The van der Waals surface area contributed by atoms with Crippen molar-refractivity contribution in [2.24, 2.45) is 11.1 Å². The minimum atomic E-state index is 0.0732. The van der Waals surface area contributed by atoms with Crippen molar-refractivity contribution in [2.75, 3.05) is 23.7 Å². The first-order chi connectivity index (χ1) is 14.1. The Labute approximate surface area is 174 Å². The van der Waals surface area contributed by atoms with Gasteiger partial charge in [-0.2, -0.15) is 0 Å². The zero-order chi connectivity index (χ0) is 19.8. The fourth-order valence-electron chi connectivity index (χ4n) is 4.45. The molecule has 1 saturated heterocycles. The summed E-state index contributed by atoms with van der Waals surface area (Å²) in [6.45, 7) is 1.86. The average Bonchev–Trinajstić information content (AvgIpc) is 3.03. The fraction of sp³-hybridized carbons (Fsp3) is 0.333. The van der Waals surface area contributed by atoms with Gasteiger partial charge in [-0.25, -0.2) is 9.97 Å². The van der Waals surface area contributed by atoms with E-state index in [4.69, 9.17) is 11.5 Å². The van der Waals surface area contributed by atoms with Gasteiger partial charge >= 0.3 is 0 Å². The van der Waals surface area contributed by atoms with Crippen LogP contribution >= 0.6 is 11.8 Å². The Balaban J connectivity index is 1.25. The Bertz CT molecular complexity index is 1020. The number of nitrogens with two attached hydrogens (primary N) is 2. The molecule has 148 valence electrons. The molecule has 0 aromatic carbocycles. The summed E-state index contributed by atoms with van der Waals surface area (Å²) < 4.78 is 0. The number of hydrogen-bond donors (Lipinski definition) is 2. The van der Waals surface area contributed by atoms with Gasteiger partial charge in [0.1, 0.15) is 10.8 Å². The van der Waals surface area contributed by atoms with Gasteiger partial charge in [0.15, 0.2) is 0 Å². The lowest BCUT2D eigenvalue weighted by Gasteiger charge is -2.42. The number of fused-ring (bicyclic) bond motifs is 1. The van der Waals surface area contributed by atoms with Crippen LogP contribution in [0.3, 0.4) is 0 Å². The first kappa shape index (κ1) is 18.3. The lowest BCUT2D eigenvalue weighted by molar-refractivity contribution is 0.186. The SMILES string of the molecule is Nc1cnccc1Sc1cnc(N2CCC3(CC2)Cc2ncccc2[C@H]3N)cn1. The third-order valence-electron chi connectivity index (χ3n) is 6.16. The maximum absolute atomic E-state index is 6.64. The van der Waals surface area contributed by atoms with E-state index in [-0.39, 0.29) is 11.5 Å². The zero-order valence-electron chi connectivity index (χ0n) is 16.0. The summed E-state index contributed by atoms with van der Waals surface area (Å²) in [6.07, 6.45) is 12.0. The molecule has 1 spiro atoms. The predicted molar refractivity (Wildman–Crippen MR) is 114 cm³/mol. The number of hydrogen-bond acceptors (Lipinski definition) is 8. The number of nitrogen functional groups attached to an aromatic ring is 1. The van der Waals surface area contributed by atoms with E-state index in [9.17, 15) is 0 Å². The van der Waals surface area contributed by atoms with E-state index >= 15 is 0 Å². The molecule has 0 unspecified atom stereocenters. The number of nitrogens with zero attached hydrogens (tertiary/aromatic N) is 5. The Kier molecular flexibility index (Phi) is 4.60. The molecule has 0 saturated carbocycles. The van der Waals surface area contributed by atoms with Gasteiger partial charge in [0.25, 0.3) is 0 Å². The molecule has 3 aromatic rings. The number of piperidine rings is 1. The molecule has 5 rings (SSSR count). The first-order valence-corrected chi connectivity index (χ1v) is 10.6. The van der Waals surface area contributed by atoms with E-state index in [1.807, 2.05) is 30.7 Å². The molecule has 1 atom stereocenters. The van der Waals surface area contributed by atoms with Gasteiger partial charge in [0, 0.05) is 42.1 Å². The molecule has 1 aliphatic heterocycles. The molecule has 1 aliphatic carbocycles. The van der Waals surface area contributed by atoms with Crippen LogP contribution in [-0.4, -0.2) is 33.0 Å². The third-order valence-corrected chi connectivity index (χ3v) is 7.17. The third kappa shape index (κ3) is 3.32. The molecule has 4 N–H and O–H groups in total. The predicted octanol–water partition coefficient (Wildman–Crippen LogP) is 2.84. The van der Waals surface area contributed by atoms with Crippen molar-refractivity contribution < 1.29 is 0 Å². The Hall–Kier alpha value is -2.71. The highest BCUT2D eigenvalue weighted by Crippen LogP contribution is 2.50. The van der Waals surface area contributed by atoms with Crippen LogP contribution in [0.25, 0.3) is 0 Å². The van der Waals surface area contributed by atoms with Crippen molar-refractivity contribution in [1.82, 2.24) is 19.9 Å².